The molecule has 1 fully saturated rings. The van der Waals surface area contributed by atoms with Gasteiger partial charge < -0.3 is 21.0 Å². The summed E-state index contributed by atoms with van der Waals surface area (Å²) in [5.41, 5.74) is 6.60. The number of nitrogens with zero attached hydrogens (tertiary/aromatic N) is 6. The molecule has 4 rings (SSSR count). The largest absolute Gasteiger partial charge is 0.477 e. The Bertz CT molecular complexity index is 1230. The summed E-state index contributed by atoms with van der Waals surface area (Å²) in [7, 11) is 0. The van der Waals surface area contributed by atoms with Crippen molar-refractivity contribution in [1.29, 1.82) is 0 Å². The summed E-state index contributed by atoms with van der Waals surface area (Å²) in [4.78, 5) is 46.6. The number of oxime groups is 1. The quantitative estimate of drug-likeness (QED) is 0.164. The van der Waals surface area contributed by atoms with E-state index in [0.717, 1.165) is 4.90 Å². The van der Waals surface area contributed by atoms with Gasteiger partial charge in [0, 0.05) is 23.0 Å². The first-order valence-corrected chi connectivity index (χ1v) is 13.2. The van der Waals surface area contributed by atoms with Crippen LogP contribution in [-0.2, 0) is 19.2 Å². The van der Waals surface area contributed by atoms with Crippen LogP contribution in [0.1, 0.15) is 5.82 Å². The van der Waals surface area contributed by atoms with Gasteiger partial charge in [0.05, 0.1) is 0 Å². The van der Waals surface area contributed by atoms with Crippen molar-refractivity contribution in [2.45, 2.75) is 21.9 Å². The molecule has 4 heterocycles. The highest BCUT2D eigenvalue weighted by Gasteiger charge is 2.54. The number of carboxylic acid groups (broad SMARTS) is 1. The number of β-lactam (4-membered cyclic amide) rings is 1. The molecule has 0 spiro atoms. The average Bonchev–Trinajstić information content (AvgIpc) is 3.49. The maximum absolute atomic E-state index is 12.8. The summed E-state index contributed by atoms with van der Waals surface area (Å²) in [6, 6.07) is -1.17. The van der Waals surface area contributed by atoms with Crippen LogP contribution in [0.4, 0.5) is 18.3 Å². The van der Waals surface area contributed by atoms with Crippen molar-refractivity contribution in [1.82, 2.24) is 29.8 Å². The lowest BCUT2D eigenvalue weighted by atomic mass is 10.0. The maximum Gasteiger partial charge on any atom is 0.425 e. The summed E-state index contributed by atoms with van der Waals surface area (Å²) in [5.74, 6) is -2.98. The molecule has 2 amide bonds. The Morgan fingerprint density at radius 2 is 2.19 bits per heavy atom. The van der Waals surface area contributed by atoms with Gasteiger partial charge in [0.25, 0.3) is 11.8 Å². The molecule has 0 aliphatic carbocycles. The molecule has 20 heteroatoms. The highest BCUT2D eigenvalue weighted by Crippen LogP contribution is 2.41. The number of nitrogens with one attached hydrogen (secondary N) is 1. The van der Waals surface area contributed by atoms with Crippen LogP contribution < -0.4 is 11.1 Å². The van der Waals surface area contributed by atoms with Crippen molar-refractivity contribution < 1.29 is 37.5 Å². The van der Waals surface area contributed by atoms with E-state index in [-0.39, 0.29) is 28.2 Å². The predicted molar refractivity (Wildman–Crippen MR) is 123 cm³/mol. The minimum Gasteiger partial charge on any atom is -0.477 e. The van der Waals surface area contributed by atoms with Gasteiger partial charge in [-0.1, -0.05) is 28.3 Å². The number of nitrogen functional groups attached to an aromatic ring is 1. The second-order valence-corrected chi connectivity index (χ2v) is 10.8. The van der Waals surface area contributed by atoms with Crippen molar-refractivity contribution in [3.05, 3.63) is 22.6 Å². The van der Waals surface area contributed by atoms with E-state index in [0.29, 0.717) is 21.4 Å². The summed E-state index contributed by atoms with van der Waals surface area (Å²) in [5, 5.41) is 22.0. The Labute approximate surface area is 215 Å². The third-order valence-corrected chi connectivity index (χ3v) is 8.33. The number of nitrogens with two attached hydrogens (primary N) is 1. The number of carbonyl (C=O) groups excluding carboxylic acids is 2. The lowest BCUT2D eigenvalue weighted by Crippen LogP contribution is -2.71. The number of hydrogen-bond donors (Lipinski definition) is 3. The van der Waals surface area contributed by atoms with E-state index >= 15 is 0 Å². The van der Waals surface area contributed by atoms with Crippen LogP contribution in [0.5, 0.6) is 0 Å². The fraction of sp³-hybridized carbons (Fsp3) is 0.375. The number of halogens is 3. The number of alkyl halides is 3. The molecule has 2 aromatic rings. The van der Waals surface area contributed by atoms with Crippen LogP contribution >= 0.6 is 46.4 Å². The number of amides is 2. The van der Waals surface area contributed by atoms with Crippen molar-refractivity contribution >= 4 is 75.0 Å². The normalized spacial score (nSPS) is 20.1. The zero-order valence-electron chi connectivity index (χ0n) is 17.5. The number of carbonyl (C=O) groups is 3. The highest BCUT2D eigenvalue weighted by atomic mass is 32.2. The summed E-state index contributed by atoms with van der Waals surface area (Å²) < 4.78 is 41.7. The van der Waals surface area contributed by atoms with Crippen LogP contribution in [0.25, 0.3) is 0 Å². The molecule has 13 nitrogen and oxygen atoms in total. The van der Waals surface area contributed by atoms with Gasteiger partial charge >= 0.3 is 12.1 Å². The van der Waals surface area contributed by atoms with Crippen LogP contribution in [0.2, 0.25) is 0 Å². The van der Waals surface area contributed by atoms with E-state index in [9.17, 15) is 32.7 Å². The zero-order chi connectivity index (χ0) is 26.0. The lowest BCUT2D eigenvalue weighted by molar-refractivity contribution is -0.174. The molecule has 2 aromatic heterocycles. The summed E-state index contributed by atoms with van der Waals surface area (Å²) >= 11 is 4.46. The molecule has 2 aliphatic rings. The van der Waals surface area contributed by atoms with Crippen molar-refractivity contribution in [3.63, 3.8) is 0 Å². The maximum atomic E-state index is 12.8. The first-order valence-electron chi connectivity index (χ1n) is 9.51. The van der Waals surface area contributed by atoms with E-state index in [1.165, 1.54) is 40.4 Å². The van der Waals surface area contributed by atoms with E-state index < -0.39 is 47.7 Å². The van der Waals surface area contributed by atoms with Gasteiger partial charge in [0.15, 0.2) is 9.47 Å². The molecule has 36 heavy (non-hydrogen) atoms. The zero-order valence-corrected chi connectivity index (χ0v) is 20.7. The topological polar surface area (TPSA) is 186 Å². The van der Waals surface area contributed by atoms with Gasteiger partial charge in [-0.2, -0.15) is 22.5 Å². The van der Waals surface area contributed by atoms with Crippen LogP contribution in [-0.4, -0.2) is 88.8 Å². The van der Waals surface area contributed by atoms with Gasteiger partial charge in [-0.15, -0.1) is 22.0 Å². The molecular formula is C16H13F3N8O5S4. The molecule has 0 radical (unpaired) electrons. The molecular weight excluding hydrogens is 569 g/mol. The Morgan fingerprint density at radius 3 is 2.81 bits per heavy atom. The Balaban J connectivity index is 1.49. The predicted octanol–water partition coefficient (Wildman–Crippen LogP) is 0.786. The van der Waals surface area contributed by atoms with Crippen LogP contribution in [0, 0.1) is 0 Å². The lowest BCUT2D eigenvalue weighted by Gasteiger charge is -2.49. The molecule has 1 unspecified atom stereocenters. The fourth-order valence-corrected chi connectivity index (χ4v) is 6.47. The number of rotatable bonds is 9. The summed E-state index contributed by atoms with van der Waals surface area (Å²) in [6.07, 6.45) is -4.71. The number of carboxylic acids is 1. The van der Waals surface area contributed by atoms with Gasteiger partial charge in [0.1, 0.15) is 22.6 Å². The third kappa shape index (κ3) is 5.71. The average molecular weight is 583 g/mol. The molecule has 2 atom stereocenters. The van der Waals surface area contributed by atoms with Gasteiger partial charge in [-0.3, -0.25) is 14.5 Å². The van der Waals surface area contributed by atoms with Crippen LogP contribution in [0.3, 0.4) is 0 Å². The minimum absolute atomic E-state index is 0.0785. The molecule has 2 aliphatic heterocycles. The van der Waals surface area contributed by atoms with Crippen LogP contribution in [0.15, 0.2) is 26.3 Å². The molecule has 1 saturated heterocycles. The first kappa shape index (κ1) is 26.1. The summed E-state index contributed by atoms with van der Waals surface area (Å²) in [6.45, 7) is -1.78. The highest BCUT2D eigenvalue weighted by molar-refractivity contribution is 8.01. The number of fused-ring (bicyclic) bond motifs is 1. The third-order valence-electron chi connectivity index (χ3n) is 4.50. The van der Waals surface area contributed by atoms with E-state index in [1.54, 1.807) is 0 Å². The minimum atomic E-state index is -4.71. The Kier molecular flexibility index (Phi) is 7.66. The number of hydrogen-bond acceptors (Lipinski definition) is 14. The second-order valence-electron chi connectivity index (χ2n) is 6.90. The first-order chi connectivity index (χ1) is 17.0. The van der Waals surface area contributed by atoms with E-state index in [1.807, 2.05) is 0 Å². The smallest absolute Gasteiger partial charge is 0.425 e. The molecule has 0 saturated carbocycles. The molecule has 0 bridgehead atoms. The van der Waals surface area contributed by atoms with Gasteiger partial charge in [-0.25, -0.2) is 4.79 Å². The fourth-order valence-electron chi connectivity index (χ4n) is 3.06. The molecule has 192 valence electrons. The monoisotopic (exact) mass is 582 g/mol. The Hall–Kier alpha value is -2.97. The number of thioether (sulfide) groups is 2. The number of anilines is 1. The second kappa shape index (κ2) is 10.6. The van der Waals surface area contributed by atoms with Gasteiger partial charge in [-0.05, 0) is 5.57 Å². The molecule has 4 N–H and O–H groups in total. The Morgan fingerprint density at radius 1 is 1.42 bits per heavy atom. The number of aromatic nitrogens is 4. The van der Waals surface area contributed by atoms with Crippen molar-refractivity contribution in [3.8, 4) is 0 Å². The van der Waals surface area contributed by atoms with E-state index in [2.05, 4.69) is 34.9 Å². The van der Waals surface area contributed by atoms with Crippen molar-refractivity contribution in [2.75, 3.05) is 23.8 Å². The standard InChI is InChI=1S/C16H13F3N8O5S4/c17-16(18,19)3-32-25-6(9-23-14(20)36-26-9)10(28)22-7-11(29)27-8(13(30)31)5(1-33-12(7)27)2-34-15-24-21-4-35-15/h4,7,12H,1-3H2,(H,22,28)(H,30,31)(H2,20,23,26)/t7?,12-/m1/s1. The van der Waals surface area contributed by atoms with Gasteiger partial charge in [0.2, 0.25) is 18.1 Å². The SMILES string of the molecule is Nc1nc(C(=NOCC(F)(F)F)C(=O)NC2C(=O)N3C(C(=O)O)=C(CSc4nncs4)CS[C@H]23)ns1. The molecule has 0 aromatic carbocycles. The number of aliphatic carboxylic acids is 1. The van der Waals surface area contributed by atoms with E-state index in [4.69, 9.17) is 5.73 Å². The van der Waals surface area contributed by atoms with Crippen molar-refractivity contribution in [2.24, 2.45) is 5.16 Å².